The van der Waals surface area contributed by atoms with Gasteiger partial charge in [0.2, 0.25) is 0 Å². The number of allylic oxidation sites excluding steroid dienone is 16. The van der Waals surface area contributed by atoms with Gasteiger partial charge in [-0.05, 0) is 89.9 Å². The van der Waals surface area contributed by atoms with E-state index in [0.29, 0.717) is 23.9 Å². The zero-order valence-electron chi connectivity index (χ0n) is 56.8. The zero-order valence-corrected chi connectivity index (χ0v) is 57.7. The number of nitrogens with zero attached hydrogens (tertiary/aromatic N) is 1. The first-order valence-corrected chi connectivity index (χ1v) is 37.5. The third kappa shape index (κ3) is 70.0. The van der Waals surface area contributed by atoms with E-state index in [1.54, 1.807) is 0 Å². The number of carbonyl (C=O) groups is 2. The number of rotatable bonds is 66. The van der Waals surface area contributed by atoms with Crippen molar-refractivity contribution in [3.05, 3.63) is 97.2 Å². The molecular weight excluding hydrogens is 1090 g/mol. The fourth-order valence-corrected chi connectivity index (χ4v) is 10.9. The van der Waals surface area contributed by atoms with Gasteiger partial charge in [0, 0.05) is 12.8 Å². The maximum absolute atomic E-state index is 12.8. The minimum Gasteiger partial charge on any atom is -0.462 e. The van der Waals surface area contributed by atoms with Gasteiger partial charge in [0.1, 0.15) is 19.8 Å². The summed E-state index contributed by atoms with van der Waals surface area (Å²) in [5.74, 6) is -0.861. The van der Waals surface area contributed by atoms with Crippen LogP contribution in [0.25, 0.3) is 0 Å². The summed E-state index contributed by atoms with van der Waals surface area (Å²) < 4.78 is 34.6. The molecule has 0 spiro atoms. The number of phosphoric acid groups is 1. The van der Waals surface area contributed by atoms with Crippen molar-refractivity contribution in [2.24, 2.45) is 0 Å². The number of hydrogen-bond acceptors (Lipinski definition) is 7. The molecule has 2 atom stereocenters. The number of phosphoric ester groups is 1. The Labute approximate surface area is 532 Å². The summed E-state index contributed by atoms with van der Waals surface area (Å²) in [7, 11) is 1.44. The van der Waals surface area contributed by atoms with Gasteiger partial charge < -0.3 is 18.9 Å². The van der Waals surface area contributed by atoms with Crippen LogP contribution in [0.4, 0.5) is 0 Å². The van der Waals surface area contributed by atoms with Gasteiger partial charge in [0.05, 0.1) is 27.7 Å². The zero-order chi connectivity index (χ0) is 62.6. The second kappa shape index (κ2) is 66.4. The lowest BCUT2D eigenvalue weighted by Gasteiger charge is -2.24. The normalized spacial score (nSPS) is 13.7. The van der Waals surface area contributed by atoms with E-state index in [-0.39, 0.29) is 32.0 Å². The van der Waals surface area contributed by atoms with E-state index in [9.17, 15) is 19.0 Å². The average molecular weight is 1220 g/mol. The standard InChI is InChI=1S/C76H136NO8P/c1-6-8-10-12-14-16-18-20-22-24-26-28-30-31-32-33-34-35-36-37-38-39-40-41-42-43-44-45-47-48-50-52-54-56-58-60-62-64-66-68-75(78)82-72-74(73-84-86(80,81)83-71-70-77(3,4)5)85-76(79)69-67-65-63-61-59-57-55-53-51-49-46-29-27-25-23-21-19-17-15-13-11-9-7-2/h9,11,15,17,21,23-24,26-27,29,49,51,55,57,61,63,74H,6-8,10,12-14,16,18-20,22,25,28,30-48,50,52-54,56,58-60,62,64-73H2,1-5H3/p+1/b11-9-,17-15-,23-21-,26-24-,29-27-,51-49-,57-55-,63-61-. The molecule has 0 aliphatic carbocycles. The fraction of sp³-hybridized carbons (Fsp3) is 0.763. The molecule has 10 heteroatoms. The van der Waals surface area contributed by atoms with Crippen LogP contribution in [0.3, 0.4) is 0 Å². The predicted molar refractivity (Wildman–Crippen MR) is 372 cm³/mol. The second-order valence-electron chi connectivity index (χ2n) is 25.2. The molecular formula is C76H137NO8P+. The third-order valence-electron chi connectivity index (χ3n) is 15.6. The van der Waals surface area contributed by atoms with Crippen LogP contribution in [0, 0.1) is 0 Å². The molecule has 0 heterocycles. The molecule has 0 amide bonds. The lowest BCUT2D eigenvalue weighted by atomic mass is 10.0. The Morgan fingerprint density at radius 1 is 0.372 bits per heavy atom. The van der Waals surface area contributed by atoms with Crippen LogP contribution >= 0.6 is 7.82 Å². The third-order valence-corrected chi connectivity index (χ3v) is 16.6. The van der Waals surface area contributed by atoms with Crippen molar-refractivity contribution in [3.63, 3.8) is 0 Å². The van der Waals surface area contributed by atoms with Gasteiger partial charge >= 0.3 is 19.8 Å². The molecule has 0 saturated carbocycles. The van der Waals surface area contributed by atoms with Crippen LogP contribution in [0.5, 0.6) is 0 Å². The molecule has 1 N–H and O–H groups in total. The summed E-state index contributed by atoms with van der Waals surface area (Å²) in [4.78, 5) is 35.8. The van der Waals surface area contributed by atoms with E-state index in [4.69, 9.17) is 18.5 Å². The molecule has 0 aliphatic rings. The van der Waals surface area contributed by atoms with Crippen LogP contribution in [0.15, 0.2) is 97.2 Å². The van der Waals surface area contributed by atoms with E-state index in [2.05, 4.69) is 111 Å². The molecule has 498 valence electrons. The Morgan fingerprint density at radius 3 is 1.03 bits per heavy atom. The number of esters is 2. The summed E-state index contributed by atoms with van der Waals surface area (Å²) in [5.41, 5.74) is 0. The van der Waals surface area contributed by atoms with Gasteiger partial charge in [-0.1, -0.05) is 317 Å². The smallest absolute Gasteiger partial charge is 0.462 e. The fourth-order valence-electron chi connectivity index (χ4n) is 10.1. The number of carbonyl (C=O) groups excluding carboxylic acids is 2. The van der Waals surface area contributed by atoms with Crippen molar-refractivity contribution in [1.29, 1.82) is 0 Å². The maximum atomic E-state index is 12.8. The first-order chi connectivity index (χ1) is 42.0. The van der Waals surface area contributed by atoms with Crippen molar-refractivity contribution in [2.75, 3.05) is 47.5 Å². The van der Waals surface area contributed by atoms with E-state index < -0.39 is 26.5 Å². The highest BCUT2D eigenvalue weighted by Gasteiger charge is 2.27. The van der Waals surface area contributed by atoms with Crippen LogP contribution < -0.4 is 0 Å². The van der Waals surface area contributed by atoms with Crippen LogP contribution in [-0.2, 0) is 32.7 Å². The Morgan fingerprint density at radius 2 is 0.674 bits per heavy atom. The Kier molecular flexibility index (Phi) is 64.0. The lowest BCUT2D eigenvalue weighted by Crippen LogP contribution is -2.37. The van der Waals surface area contributed by atoms with Gasteiger partial charge in [-0.15, -0.1) is 0 Å². The van der Waals surface area contributed by atoms with Gasteiger partial charge in [0.15, 0.2) is 6.10 Å². The number of quaternary nitrogens is 1. The molecule has 0 aliphatic heterocycles. The van der Waals surface area contributed by atoms with Crippen molar-refractivity contribution in [2.45, 2.75) is 328 Å². The maximum Gasteiger partial charge on any atom is 0.472 e. The van der Waals surface area contributed by atoms with E-state index >= 15 is 0 Å². The summed E-state index contributed by atoms with van der Waals surface area (Å²) in [5, 5.41) is 0. The highest BCUT2D eigenvalue weighted by Crippen LogP contribution is 2.43. The Bertz CT molecular complexity index is 1770. The molecule has 0 fully saturated rings. The van der Waals surface area contributed by atoms with Gasteiger partial charge in [-0.3, -0.25) is 18.6 Å². The van der Waals surface area contributed by atoms with Crippen molar-refractivity contribution >= 4 is 19.8 Å². The minimum atomic E-state index is -4.41. The molecule has 86 heavy (non-hydrogen) atoms. The molecule has 0 bridgehead atoms. The van der Waals surface area contributed by atoms with Crippen molar-refractivity contribution in [3.8, 4) is 0 Å². The van der Waals surface area contributed by atoms with Gasteiger partial charge in [-0.2, -0.15) is 0 Å². The van der Waals surface area contributed by atoms with Gasteiger partial charge in [0.25, 0.3) is 0 Å². The predicted octanol–water partition coefficient (Wildman–Crippen LogP) is 23.5. The van der Waals surface area contributed by atoms with Crippen molar-refractivity contribution in [1.82, 2.24) is 0 Å². The van der Waals surface area contributed by atoms with E-state index in [1.165, 1.54) is 218 Å². The largest absolute Gasteiger partial charge is 0.472 e. The molecule has 2 unspecified atom stereocenters. The van der Waals surface area contributed by atoms with Crippen LogP contribution in [0.2, 0.25) is 0 Å². The highest BCUT2D eigenvalue weighted by atomic mass is 31.2. The number of hydrogen-bond donors (Lipinski definition) is 1. The van der Waals surface area contributed by atoms with Crippen molar-refractivity contribution < 1.29 is 42.1 Å². The minimum absolute atomic E-state index is 0.0173. The molecule has 0 aromatic carbocycles. The monoisotopic (exact) mass is 1220 g/mol. The van der Waals surface area contributed by atoms with Crippen LogP contribution in [0.1, 0.15) is 322 Å². The number of likely N-dealkylation sites (N-methyl/N-ethyl adjacent to an activating group) is 1. The van der Waals surface area contributed by atoms with Crippen LogP contribution in [-0.4, -0.2) is 74.9 Å². The molecule has 0 aromatic rings. The average Bonchev–Trinajstić information content (AvgIpc) is 3.56. The molecule has 0 radical (unpaired) electrons. The Hall–Kier alpha value is -3.07. The number of unbranched alkanes of at least 4 members (excludes halogenated alkanes) is 36. The first-order valence-electron chi connectivity index (χ1n) is 36.0. The highest BCUT2D eigenvalue weighted by molar-refractivity contribution is 7.47. The summed E-state index contributed by atoms with van der Waals surface area (Å²) in [6.45, 7) is 4.28. The Balaban J connectivity index is 3.99. The second-order valence-corrected chi connectivity index (χ2v) is 26.7. The van der Waals surface area contributed by atoms with E-state index in [1.807, 2.05) is 21.1 Å². The first kappa shape index (κ1) is 82.9. The molecule has 0 aromatic heterocycles. The number of ether oxygens (including phenoxy) is 2. The summed E-state index contributed by atoms with van der Waals surface area (Å²) in [6.07, 6.45) is 92.7. The SMILES string of the molecule is CC/C=C\C/C=C\C/C=C\C/C=C\C/C=C\C/C=C\C/C=C\CCCC(=O)OC(COC(=O)CCCCCCCCCCCCCCCCCCCCCCCCCCCCC/C=C\CCCCCCCCCC)COP(=O)(O)OCC[N+](C)(C)C. The summed E-state index contributed by atoms with van der Waals surface area (Å²) in [6, 6.07) is 0. The van der Waals surface area contributed by atoms with Gasteiger partial charge in [-0.25, -0.2) is 4.57 Å². The quantitative estimate of drug-likeness (QED) is 0.0211. The lowest BCUT2D eigenvalue weighted by molar-refractivity contribution is -0.870. The molecule has 9 nitrogen and oxygen atoms in total. The summed E-state index contributed by atoms with van der Waals surface area (Å²) >= 11 is 0. The molecule has 0 saturated heterocycles. The topological polar surface area (TPSA) is 108 Å². The van der Waals surface area contributed by atoms with E-state index in [0.717, 1.165) is 64.2 Å². The molecule has 0 rings (SSSR count).